The molecule has 1 aromatic rings. The molecule has 0 spiro atoms. The van der Waals surface area contributed by atoms with Crippen molar-refractivity contribution in [2.75, 3.05) is 26.5 Å². The first-order valence-corrected chi connectivity index (χ1v) is 6.52. The first kappa shape index (κ1) is 12.6. The summed E-state index contributed by atoms with van der Waals surface area (Å²) in [5.74, 6) is 3.01. The van der Waals surface area contributed by atoms with Crippen molar-refractivity contribution in [2.24, 2.45) is 0 Å². The lowest BCUT2D eigenvalue weighted by Crippen LogP contribution is -2.15. The highest BCUT2D eigenvalue weighted by atomic mass is 32.2. The van der Waals surface area contributed by atoms with Gasteiger partial charge in [0.1, 0.15) is 11.5 Å². The predicted molar refractivity (Wildman–Crippen MR) is 64.1 cm³/mol. The molecule has 0 saturated carbocycles. The molecule has 86 valence electrons. The van der Waals surface area contributed by atoms with Crippen LogP contribution in [-0.4, -0.2) is 26.5 Å². The van der Waals surface area contributed by atoms with Gasteiger partial charge in [-0.25, -0.2) is 0 Å². The molecule has 0 atom stereocenters. The molecule has 15 heavy (non-hydrogen) atoms. The van der Waals surface area contributed by atoms with Gasteiger partial charge in [0.15, 0.2) is 0 Å². The minimum Gasteiger partial charge on any atom is -0.464 e. The Kier molecular flexibility index (Phi) is 6.55. The number of furan rings is 1. The van der Waals surface area contributed by atoms with E-state index < -0.39 is 0 Å². The Bertz CT molecular complexity index is 263. The number of rotatable bonds is 8. The molecule has 4 heteroatoms. The maximum absolute atomic E-state index is 5.62. The third-order valence-electron chi connectivity index (χ3n) is 2.01. The van der Waals surface area contributed by atoms with Gasteiger partial charge in [-0.1, -0.05) is 0 Å². The first-order chi connectivity index (χ1) is 7.36. The molecule has 0 saturated heterocycles. The fourth-order valence-corrected chi connectivity index (χ4v) is 1.73. The molecule has 1 rings (SSSR count). The normalized spacial score (nSPS) is 10.8. The number of nitrogens with one attached hydrogen (secondary N) is 1. The van der Waals surface area contributed by atoms with E-state index in [1.165, 1.54) is 0 Å². The van der Waals surface area contributed by atoms with Crippen LogP contribution in [0.25, 0.3) is 0 Å². The summed E-state index contributed by atoms with van der Waals surface area (Å²) in [4.78, 5) is 0. The molecule has 0 radical (unpaired) electrons. The van der Waals surface area contributed by atoms with E-state index in [0.29, 0.717) is 0 Å². The van der Waals surface area contributed by atoms with E-state index in [1.807, 2.05) is 12.1 Å². The van der Waals surface area contributed by atoms with Gasteiger partial charge < -0.3 is 14.5 Å². The Morgan fingerprint density at radius 2 is 2.20 bits per heavy atom. The fraction of sp³-hybridized carbons (Fsp3) is 0.636. The second-order valence-electron chi connectivity index (χ2n) is 3.32. The number of methoxy groups -OCH3 is 1. The van der Waals surface area contributed by atoms with Crippen molar-refractivity contribution in [1.29, 1.82) is 0 Å². The lowest BCUT2D eigenvalue weighted by atomic mass is 10.4. The SMILES string of the molecule is COCCCNCc1ccc(CSC)o1. The molecule has 0 aromatic carbocycles. The molecule has 1 N–H and O–H groups in total. The minimum atomic E-state index is 0.804. The number of hydrogen-bond donors (Lipinski definition) is 1. The number of hydrogen-bond acceptors (Lipinski definition) is 4. The van der Waals surface area contributed by atoms with Crippen molar-refractivity contribution in [3.63, 3.8) is 0 Å². The third-order valence-corrected chi connectivity index (χ3v) is 2.58. The molecule has 0 aliphatic heterocycles. The molecule has 0 fully saturated rings. The lowest BCUT2D eigenvalue weighted by molar-refractivity contribution is 0.194. The highest BCUT2D eigenvalue weighted by molar-refractivity contribution is 7.97. The predicted octanol–water partition coefficient (Wildman–Crippen LogP) is 2.27. The quantitative estimate of drug-likeness (QED) is 0.693. The van der Waals surface area contributed by atoms with Crippen LogP contribution in [0.3, 0.4) is 0 Å². The second-order valence-corrected chi connectivity index (χ2v) is 4.19. The molecule has 0 bridgehead atoms. The highest BCUT2D eigenvalue weighted by Gasteiger charge is 2.00. The average molecular weight is 229 g/mol. The lowest BCUT2D eigenvalue weighted by Gasteiger charge is -2.01. The average Bonchev–Trinajstić information content (AvgIpc) is 2.66. The summed E-state index contributed by atoms with van der Waals surface area (Å²) in [5, 5.41) is 3.31. The van der Waals surface area contributed by atoms with E-state index in [0.717, 1.165) is 43.4 Å². The van der Waals surface area contributed by atoms with Gasteiger partial charge in [0, 0.05) is 13.7 Å². The van der Waals surface area contributed by atoms with Crippen LogP contribution in [0.5, 0.6) is 0 Å². The Hall–Kier alpha value is -0.450. The van der Waals surface area contributed by atoms with Gasteiger partial charge >= 0.3 is 0 Å². The van der Waals surface area contributed by atoms with Gasteiger partial charge in [-0.05, 0) is 31.4 Å². The summed E-state index contributed by atoms with van der Waals surface area (Å²) >= 11 is 1.77. The van der Waals surface area contributed by atoms with Crippen LogP contribution < -0.4 is 5.32 Å². The van der Waals surface area contributed by atoms with Crippen molar-refractivity contribution in [3.8, 4) is 0 Å². The zero-order valence-corrected chi connectivity index (χ0v) is 10.2. The molecule has 1 aromatic heterocycles. The second kappa shape index (κ2) is 7.79. The van der Waals surface area contributed by atoms with Gasteiger partial charge in [-0.15, -0.1) is 0 Å². The van der Waals surface area contributed by atoms with Gasteiger partial charge in [-0.3, -0.25) is 0 Å². The summed E-state index contributed by atoms with van der Waals surface area (Å²) in [7, 11) is 1.72. The van der Waals surface area contributed by atoms with Gasteiger partial charge in [0.25, 0.3) is 0 Å². The first-order valence-electron chi connectivity index (χ1n) is 5.13. The highest BCUT2D eigenvalue weighted by Crippen LogP contribution is 2.12. The van der Waals surface area contributed by atoms with Crippen molar-refractivity contribution in [2.45, 2.75) is 18.7 Å². The van der Waals surface area contributed by atoms with E-state index in [9.17, 15) is 0 Å². The van der Waals surface area contributed by atoms with E-state index in [4.69, 9.17) is 9.15 Å². The summed E-state index contributed by atoms with van der Waals surface area (Å²) in [5.41, 5.74) is 0. The van der Waals surface area contributed by atoms with Crippen molar-refractivity contribution in [3.05, 3.63) is 23.7 Å². The number of thioether (sulfide) groups is 1. The molecular weight excluding hydrogens is 210 g/mol. The minimum absolute atomic E-state index is 0.804. The van der Waals surface area contributed by atoms with E-state index >= 15 is 0 Å². The Balaban J connectivity index is 2.14. The van der Waals surface area contributed by atoms with E-state index in [-0.39, 0.29) is 0 Å². The van der Waals surface area contributed by atoms with E-state index in [2.05, 4.69) is 11.6 Å². The maximum Gasteiger partial charge on any atom is 0.117 e. The Labute approximate surface area is 95.6 Å². The zero-order chi connectivity index (χ0) is 10.9. The van der Waals surface area contributed by atoms with Crippen LogP contribution in [0.15, 0.2) is 16.5 Å². The largest absolute Gasteiger partial charge is 0.464 e. The molecule has 0 amide bonds. The third kappa shape index (κ3) is 5.25. The zero-order valence-electron chi connectivity index (χ0n) is 9.41. The number of ether oxygens (including phenoxy) is 1. The fourth-order valence-electron chi connectivity index (χ4n) is 1.29. The van der Waals surface area contributed by atoms with Crippen LogP contribution in [0.4, 0.5) is 0 Å². The maximum atomic E-state index is 5.62. The van der Waals surface area contributed by atoms with Crippen LogP contribution in [0, 0.1) is 0 Å². The smallest absolute Gasteiger partial charge is 0.117 e. The molecule has 0 aliphatic rings. The summed E-state index contributed by atoms with van der Waals surface area (Å²) in [6.45, 7) is 2.58. The van der Waals surface area contributed by atoms with Crippen LogP contribution in [0.2, 0.25) is 0 Å². The molecule has 0 aliphatic carbocycles. The summed E-state index contributed by atoms with van der Waals surface area (Å²) in [6.07, 6.45) is 3.11. The standard InChI is InChI=1S/C11H19NO2S/c1-13-7-3-6-12-8-10-4-5-11(14-10)9-15-2/h4-5,12H,3,6-9H2,1-2H3. The van der Waals surface area contributed by atoms with Crippen molar-refractivity contribution < 1.29 is 9.15 Å². The Morgan fingerprint density at radius 3 is 2.93 bits per heavy atom. The monoisotopic (exact) mass is 229 g/mol. The Morgan fingerprint density at radius 1 is 1.40 bits per heavy atom. The molecule has 1 heterocycles. The van der Waals surface area contributed by atoms with E-state index in [1.54, 1.807) is 18.9 Å². The van der Waals surface area contributed by atoms with Gasteiger partial charge in [0.2, 0.25) is 0 Å². The van der Waals surface area contributed by atoms with Gasteiger partial charge in [0.05, 0.1) is 12.3 Å². The van der Waals surface area contributed by atoms with Crippen molar-refractivity contribution >= 4 is 11.8 Å². The van der Waals surface area contributed by atoms with Crippen LogP contribution in [0.1, 0.15) is 17.9 Å². The summed E-state index contributed by atoms with van der Waals surface area (Å²) in [6, 6.07) is 4.08. The molecule has 3 nitrogen and oxygen atoms in total. The summed E-state index contributed by atoms with van der Waals surface area (Å²) < 4.78 is 10.6. The topological polar surface area (TPSA) is 34.4 Å². The van der Waals surface area contributed by atoms with Crippen molar-refractivity contribution in [1.82, 2.24) is 5.32 Å². The molecule has 0 unspecified atom stereocenters. The van der Waals surface area contributed by atoms with Crippen LogP contribution >= 0.6 is 11.8 Å². The van der Waals surface area contributed by atoms with Crippen LogP contribution in [-0.2, 0) is 17.0 Å². The molecular formula is C11H19NO2S. The van der Waals surface area contributed by atoms with Gasteiger partial charge in [-0.2, -0.15) is 11.8 Å².